The Morgan fingerprint density at radius 2 is 1.84 bits per heavy atom. The molecule has 19 heavy (non-hydrogen) atoms. The number of nitrogens with zero attached hydrogens (tertiary/aromatic N) is 1. The van der Waals surface area contributed by atoms with Gasteiger partial charge in [-0.05, 0) is 32.7 Å². The average Bonchev–Trinajstić information content (AvgIpc) is 2.57. The molecule has 0 aromatic heterocycles. The first-order chi connectivity index (χ1) is 12.4. The Balaban J connectivity index is 0.00000420. The van der Waals surface area contributed by atoms with Gasteiger partial charge in [-0.25, -0.2) is 0 Å². The van der Waals surface area contributed by atoms with Crippen LogP contribution >= 0.6 is 12.4 Å². The van der Waals surface area contributed by atoms with Crippen molar-refractivity contribution in [3.63, 3.8) is 0 Å². The number of likely N-dealkylation sites (tertiary alicyclic amines) is 1. The molecular formula is C16H24ClNO. The number of carbonyl (C=O) groups is 1. The summed E-state index contributed by atoms with van der Waals surface area (Å²) in [6, 6.07) is 6.58. The van der Waals surface area contributed by atoms with Gasteiger partial charge in [0.15, 0.2) is 5.78 Å². The number of piperidine rings is 1. The minimum Gasteiger partial charge on any atom is -0.303 e. The minimum absolute atomic E-state index is 0. The number of carbonyl (C=O) groups excluding carboxylic acids is 1. The molecule has 0 bridgehead atoms. The van der Waals surface area contributed by atoms with Crippen LogP contribution in [0.5, 0.6) is 0 Å². The Morgan fingerprint density at radius 1 is 1.26 bits per heavy atom. The van der Waals surface area contributed by atoms with E-state index in [9.17, 15) is 4.79 Å². The molecular weight excluding hydrogens is 258 g/mol. The number of ketones is 1. The maximum Gasteiger partial charge on any atom is 0.166 e. The highest BCUT2D eigenvalue weighted by molar-refractivity contribution is 5.97. The summed E-state index contributed by atoms with van der Waals surface area (Å²) in [6.45, 7) is -3.77. The van der Waals surface area contributed by atoms with Crippen molar-refractivity contribution in [3.8, 4) is 0 Å². The van der Waals surface area contributed by atoms with E-state index in [0.717, 1.165) is 5.56 Å². The van der Waals surface area contributed by atoms with Crippen LogP contribution in [0, 0.1) is 12.8 Å². The molecule has 0 saturated carbocycles. The first kappa shape index (κ1) is 6.73. The molecule has 2 rings (SSSR count). The van der Waals surface area contributed by atoms with E-state index in [1.807, 2.05) is 6.92 Å². The number of hydrogen-bond donors (Lipinski definition) is 0. The molecule has 1 atom stereocenters. The zero-order valence-electron chi connectivity index (χ0n) is 20.9. The van der Waals surface area contributed by atoms with E-state index >= 15 is 0 Å². The van der Waals surface area contributed by atoms with Gasteiger partial charge in [0.1, 0.15) is 0 Å². The average molecular weight is 292 g/mol. The SMILES string of the molecule is Cl.[2H]C1([2H])N(C[C@@H](C)C(=O)c2ccc(C)cc2)C([2H])([2H])C([2H])([2H])C([2H])([2H])C1([2H])[2H]. The molecule has 0 radical (unpaired) electrons. The molecule has 1 aliphatic heterocycles. The third-order valence-electron chi connectivity index (χ3n) is 2.75. The molecule has 1 aromatic carbocycles. The number of benzene rings is 1. The van der Waals surface area contributed by atoms with Crippen molar-refractivity contribution < 1.29 is 18.5 Å². The quantitative estimate of drug-likeness (QED) is 0.788. The zero-order valence-corrected chi connectivity index (χ0v) is 11.7. The van der Waals surface area contributed by atoms with Gasteiger partial charge < -0.3 is 4.90 Å². The minimum atomic E-state index is -3.45. The van der Waals surface area contributed by atoms with E-state index in [1.54, 1.807) is 24.3 Å². The Hall–Kier alpha value is -0.860. The molecule has 1 fully saturated rings. The highest BCUT2D eigenvalue weighted by Gasteiger charge is 2.19. The van der Waals surface area contributed by atoms with Gasteiger partial charge in [-0.1, -0.05) is 43.1 Å². The predicted octanol–water partition coefficient (Wildman–Crippen LogP) is 3.72. The van der Waals surface area contributed by atoms with E-state index < -0.39 is 50.4 Å². The molecule has 0 unspecified atom stereocenters. The van der Waals surface area contributed by atoms with Crippen LogP contribution in [-0.4, -0.2) is 30.2 Å². The first-order valence-electron chi connectivity index (χ1n) is 10.8. The predicted molar refractivity (Wildman–Crippen MR) is 82.2 cm³/mol. The standard InChI is InChI=1S/C16H23NO.ClH/c1-13-6-8-15(9-7-13)16(18)14(2)12-17-10-4-3-5-11-17;/h6-9,14H,3-5,10-12H2,1-2H3;1H/t14-;/m1./s1/i3D2,4D2,5D2,10D2,11D2;. The van der Waals surface area contributed by atoms with Crippen LogP contribution in [0.15, 0.2) is 24.3 Å². The Labute approximate surface area is 136 Å². The molecule has 0 spiro atoms. The van der Waals surface area contributed by atoms with E-state index in [-0.39, 0.29) is 12.4 Å². The molecule has 2 nitrogen and oxygen atoms in total. The van der Waals surface area contributed by atoms with Crippen molar-refractivity contribution in [2.75, 3.05) is 19.5 Å². The van der Waals surface area contributed by atoms with Crippen LogP contribution < -0.4 is 0 Å². The summed E-state index contributed by atoms with van der Waals surface area (Å²) in [7, 11) is 0. The van der Waals surface area contributed by atoms with Crippen LogP contribution in [0.1, 0.15) is 55.7 Å². The number of rotatable bonds is 4. The third-order valence-corrected chi connectivity index (χ3v) is 2.75. The summed E-state index contributed by atoms with van der Waals surface area (Å²) in [5, 5.41) is 0. The van der Waals surface area contributed by atoms with Gasteiger partial charge in [0.2, 0.25) is 0 Å². The summed E-state index contributed by atoms with van der Waals surface area (Å²) in [6.07, 6.45) is -10.2. The van der Waals surface area contributed by atoms with Crippen molar-refractivity contribution in [1.29, 1.82) is 0 Å². The first-order valence-corrected chi connectivity index (χ1v) is 5.81. The van der Waals surface area contributed by atoms with Gasteiger partial charge in [-0.3, -0.25) is 4.79 Å². The summed E-state index contributed by atoms with van der Waals surface area (Å²) < 4.78 is 79.7. The van der Waals surface area contributed by atoms with Crippen molar-refractivity contribution in [2.45, 2.75) is 33.0 Å². The monoisotopic (exact) mass is 291 g/mol. The second-order valence-electron chi connectivity index (χ2n) is 4.34. The number of Topliss-reactive ketones (excluding diaryl/α,β-unsaturated/α-hetero) is 1. The van der Waals surface area contributed by atoms with Crippen LogP contribution in [0.25, 0.3) is 0 Å². The van der Waals surface area contributed by atoms with Crippen molar-refractivity contribution >= 4 is 18.2 Å². The maximum absolute atomic E-state index is 12.7. The van der Waals surface area contributed by atoms with Crippen LogP contribution in [-0.2, 0) is 0 Å². The van der Waals surface area contributed by atoms with Crippen LogP contribution in [0.4, 0.5) is 0 Å². The largest absolute Gasteiger partial charge is 0.303 e. The number of aryl methyl sites for hydroxylation is 1. The normalized spacial score (nSPS) is 38.6. The fraction of sp³-hybridized carbons (Fsp3) is 0.562. The molecule has 0 aliphatic carbocycles. The zero-order chi connectivity index (χ0) is 21.9. The second kappa shape index (κ2) is 7.66. The molecule has 0 amide bonds. The smallest absolute Gasteiger partial charge is 0.166 e. The van der Waals surface area contributed by atoms with Gasteiger partial charge >= 0.3 is 0 Å². The van der Waals surface area contributed by atoms with Gasteiger partial charge in [-0.15, -0.1) is 12.4 Å². The highest BCUT2D eigenvalue weighted by Crippen LogP contribution is 2.15. The Kier molecular flexibility index (Phi) is 2.71. The molecule has 106 valence electrons. The molecule has 1 saturated heterocycles. The van der Waals surface area contributed by atoms with E-state index in [4.69, 9.17) is 13.7 Å². The summed E-state index contributed by atoms with van der Waals surface area (Å²) >= 11 is 0. The molecule has 0 N–H and O–H groups in total. The molecule has 1 aromatic rings. The third kappa shape index (κ3) is 4.63. The van der Waals surface area contributed by atoms with Gasteiger partial charge in [0.05, 0.1) is 0 Å². The lowest BCUT2D eigenvalue weighted by Gasteiger charge is -2.28. The Morgan fingerprint density at radius 3 is 2.42 bits per heavy atom. The van der Waals surface area contributed by atoms with Crippen LogP contribution in [0.3, 0.4) is 0 Å². The van der Waals surface area contributed by atoms with E-state index in [1.165, 1.54) is 6.92 Å². The second-order valence-corrected chi connectivity index (χ2v) is 4.34. The fourth-order valence-corrected chi connectivity index (χ4v) is 1.70. The molecule has 3 heteroatoms. The topological polar surface area (TPSA) is 20.3 Å². The fourth-order valence-electron chi connectivity index (χ4n) is 1.70. The van der Waals surface area contributed by atoms with Gasteiger partial charge in [0, 0.05) is 31.7 Å². The maximum atomic E-state index is 12.7. The van der Waals surface area contributed by atoms with Gasteiger partial charge in [0.25, 0.3) is 0 Å². The highest BCUT2D eigenvalue weighted by atomic mass is 35.5. The number of hydrogen-bond acceptors (Lipinski definition) is 2. The lowest BCUT2D eigenvalue weighted by Crippen LogP contribution is -2.35. The number of halogens is 1. The Bertz CT molecular complexity index is 735. The van der Waals surface area contributed by atoms with E-state index in [0.29, 0.717) is 10.5 Å². The van der Waals surface area contributed by atoms with Gasteiger partial charge in [-0.2, -0.15) is 0 Å². The van der Waals surface area contributed by atoms with Crippen molar-refractivity contribution in [2.24, 2.45) is 5.92 Å². The lowest BCUT2D eigenvalue weighted by atomic mass is 9.97. The summed E-state index contributed by atoms with van der Waals surface area (Å²) in [5.41, 5.74) is 1.24. The van der Waals surface area contributed by atoms with Crippen LogP contribution in [0.2, 0.25) is 0 Å². The molecule has 1 heterocycles. The van der Waals surface area contributed by atoms with Crippen molar-refractivity contribution in [1.82, 2.24) is 4.90 Å². The van der Waals surface area contributed by atoms with Crippen molar-refractivity contribution in [3.05, 3.63) is 35.4 Å². The summed E-state index contributed by atoms with van der Waals surface area (Å²) in [5.74, 6) is -1.41. The molecule has 1 aliphatic rings. The van der Waals surface area contributed by atoms with E-state index in [2.05, 4.69) is 0 Å². The summed E-state index contributed by atoms with van der Waals surface area (Å²) in [4.78, 5) is 13.0. The lowest BCUT2D eigenvalue weighted by molar-refractivity contribution is 0.0883.